The van der Waals surface area contributed by atoms with Gasteiger partial charge in [-0.15, -0.1) is 11.8 Å². The third-order valence-corrected chi connectivity index (χ3v) is 10.6. The molecule has 8 heteroatoms. The van der Waals surface area contributed by atoms with Crippen molar-refractivity contribution in [2.45, 2.75) is 75.2 Å². The molecule has 0 saturated carbocycles. The van der Waals surface area contributed by atoms with Crippen LogP contribution in [0.3, 0.4) is 0 Å². The molecule has 0 aliphatic carbocycles. The molecule has 210 valence electrons. The van der Waals surface area contributed by atoms with E-state index in [0.717, 1.165) is 5.56 Å². The second-order valence-electron chi connectivity index (χ2n) is 12.3. The van der Waals surface area contributed by atoms with Crippen molar-refractivity contribution in [2.24, 2.45) is 17.8 Å². The van der Waals surface area contributed by atoms with Crippen LogP contribution in [0.2, 0.25) is 0 Å². The van der Waals surface area contributed by atoms with Gasteiger partial charge in [0, 0.05) is 30.4 Å². The first-order valence-electron chi connectivity index (χ1n) is 14.2. The molecule has 4 aliphatic heterocycles. The monoisotopic (exact) mass is 551 g/mol. The fraction of sp³-hybridized carbons (Fsp3) is 0.581. The Morgan fingerprint density at radius 3 is 2.28 bits per heavy atom. The molecule has 5 rings (SSSR count). The van der Waals surface area contributed by atoms with Crippen LogP contribution >= 0.6 is 11.8 Å². The number of aliphatic hydroxyl groups is 1. The van der Waals surface area contributed by atoms with Crippen molar-refractivity contribution in [1.82, 2.24) is 14.7 Å². The number of hydrogen-bond donors (Lipinski definition) is 1. The number of benzene rings is 1. The molecule has 1 aromatic rings. The van der Waals surface area contributed by atoms with Gasteiger partial charge in [0.2, 0.25) is 17.7 Å². The lowest BCUT2D eigenvalue weighted by Gasteiger charge is -2.40. The molecule has 39 heavy (non-hydrogen) atoms. The van der Waals surface area contributed by atoms with Crippen LogP contribution in [0.4, 0.5) is 0 Å². The van der Waals surface area contributed by atoms with Crippen LogP contribution in [0.25, 0.3) is 0 Å². The van der Waals surface area contributed by atoms with Gasteiger partial charge in [-0.05, 0) is 38.7 Å². The van der Waals surface area contributed by atoms with E-state index >= 15 is 0 Å². The maximum absolute atomic E-state index is 14.6. The highest BCUT2D eigenvalue weighted by Crippen LogP contribution is 2.66. The van der Waals surface area contributed by atoms with Crippen molar-refractivity contribution in [3.05, 3.63) is 60.2 Å². The van der Waals surface area contributed by atoms with Crippen molar-refractivity contribution in [3.8, 4) is 0 Å². The summed E-state index contributed by atoms with van der Waals surface area (Å²) in [5, 5.41) is 10.5. The van der Waals surface area contributed by atoms with Gasteiger partial charge < -0.3 is 19.8 Å². The van der Waals surface area contributed by atoms with Crippen molar-refractivity contribution in [3.63, 3.8) is 0 Å². The number of likely N-dealkylation sites (tertiary alicyclic amines) is 1. The maximum Gasteiger partial charge on any atom is 0.247 e. The van der Waals surface area contributed by atoms with Crippen molar-refractivity contribution < 1.29 is 19.5 Å². The molecule has 7 nitrogen and oxygen atoms in total. The molecular formula is C31H41N3O4S. The number of rotatable bonds is 7. The van der Waals surface area contributed by atoms with E-state index in [2.05, 4.69) is 26.0 Å². The van der Waals surface area contributed by atoms with Crippen LogP contribution in [0.15, 0.2) is 54.6 Å². The highest BCUT2D eigenvalue weighted by Gasteiger charge is 2.74. The predicted molar refractivity (Wildman–Crippen MR) is 154 cm³/mol. The van der Waals surface area contributed by atoms with Gasteiger partial charge in [0.05, 0.1) is 29.2 Å². The van der Waals surface area contributed by atoms with Gasteiger partial charge in [-0.1, -0.05) is 68.5 Å². The highest BCUT2D eigenvalue weighted by molar-refractivity contribution is 8.02. The molecule has 1 aromatic carbocycles. The lowest BCUT2D eigenvalue weighted by atomic mass is 9.74. The predicted octanol–water partition coefficient (Wildman–Crippen LogP) is 3.49. The maximum atomic E-state index is 14.6. The van der Waals surface area contributed by atoms with Crippen molar-refractivity contribution in [1.29, 1.82) is 0 Å². The van der Waals surface area contributed by atoms with E-state index in [1.54, 1.807) is 16.7 Å². The number of fused-ring (bicyclic) bond motifs is 2. The quantitative estimate of drug-likeness (QED) is 0.525. The van der Waals surface area contributed by atoms with E-state index in [-0.39, 0.29) is 36.3 Å². The summed E-state index contributed by atoms with van der Waals surface area (Å²) in [5.41, 5.74) is 1.04. The normalized spacial score (nSPS) is 33.0. The van der Waals surface area contributed by atoms with Gasteiger partial charge in [-0.3, -0.25) is 14.4 Å². The largest absolute Gasteiger partial charge is 0.394 e. The second kappa shape index (κ2) is 10.4. The smallest absolute Gasteiger partial charge is 0.247 e. The molecular weight excluding hydrogens is 510 g/mol. The summed E-state index contributed by atoms with van der Waals surface area (Å²) in [4.78, 5) is 48.6. The molecule has 3 amide bonds. The average molecular weight is 552 g/mol. The van der Waals surface area contributed by atoms with Gasteiger partial charge in [-0.25, -0.2) is 0 Å². The van der Waals surface area contributed by atoms with Crippen LogP contribution in [-0.4, -0.2) is 84.8 Å². The summed E-state index contributed by atoms with van der Waals surface area (Å²) < 4.78 is -1.53. The Morgan fingerprint density at radius 2 is 1.64 bits per heavy atom. The molecule has 4 heterocycles. The standard InChI is InChI=1S/C31H41N3O4S/c1-20(2)17-23(19-35)34-26-29(38)33(21(3)4)16-10-14-31(26)25(28(34)37)24-27(36)32(15-9-13-30(24,5)39-31)18-22-11-7-6-8-12-22/h6-14,20-21,23-26,35H,15-19H2,1-5H3/t23-,24-,25+,26?,30+,31+/m1/s1. The molecule has 1 N–H and O–H groups in total. The zero-order chi connectivity index (χ0) is 28.1. The third-order valence-electron chi connectivity index (χ3n) is 8.80. The minimum absolute atomic E-state index is 0.0404. The molecule has 0 radical (unpaired) electrons. The number of amides is 3. The minimum Gasteiger partial charge on any atom is -0.394 e. The Labute approximate surface area is 236 Å². The fourth-order valence-corrected chi connectivity index (χ4v) is 9.30. The van der Waals surface area contributed by atoms with Crippen LogP contribution in [0, 0.1) is 17.8 Å². The zero-order valence-corrected chi connectivity index (χ0v) is 24.4. The molecule has 1 unspecified atom stereocenters. The van der Waals surface area contributed by atoms with E-state index in [1.807, 2.05) is 73.1 Å². The Kier molecular flexibility index (Phi) is 7.48. The minimum atomic E-state index is -0.891. The first-order valence-corrected chi connectivity index (χ1v) is 15.0. The van der Waals surface area contributed by atoms with E-state index in [0.29, 0.717) is 26.1 Å². The lowest BCUT2D eigenvalue weighted by molar-refractivity contribution is -0.148. The second-order valence-corrected chi connectivity index (χ2v) is 14.1. The molecule has 1 spiro atoms. The third kappa shape index (κ3) is 4.53. The first kappa shape index (κ1) is 28.0. The molecule has 0 bridgehead atoms. The van der Waals surface area contributed by atoms with E-state index in [9.17, 15) is 19.5 Å². The van der Waals surface area contributed by atoms with Crippen LogP contribution < -0.4 is 0 Å². The summed E-state index contributed by atoms with van der Waals surface area (Å²) in [5.74, 6) is -1.42. The Morgan fingerprint density at radius 1 is 0.949 bits per heavy atom. The Bertz CT molecular complexity index is 1180. The van der Waals surface area contributed by atoms with Crippen LogP contribution in [-0.2, 0) is 20.9 Å². The van der Waals surface area contributed by atoms with Gasteiger partial charge >= 0.3 is 0 Å². The summed E-state index contributed by atoms with van der Waals surface area (Å²) >= 11 is 1.60. The number of carbonyl (C=O) groups excluding carboxylic acids is 3. The van der Waals surface area contributed by atoms with Gasteiger partial charge in [0.25, 0.3) is 0 Å². The molecule has 2 fully saturated rings. The Balaban J connectivity index is 1.62. The number of hydrogen-bond acceptors (Lipinski definition) is 5. The van der Waals surface area contributed by atoms with E-state index < -0.39 is 33.4 Å². The molecule has 6 atom stereocenters. The van der Waals surface area contributed by atoms with Gasteiger partial charge in [0.15, 0.2) is 0 Å². The lowest BCUT2D eigenvalue weighted by Crippen LogP contribution is -2.57. The number of aliphatic hydroxyl groups excluding tert-OH is 1. The van der Waals surface area contributed by atoms with E-state index in [4.69, 9.17) is 0 Å². The summed E-state index contributed by atoms with van der Waals surface area (Å²) in [7, 11) is 0. The van der Waals surface area contributed by atoms with Crippen LogP contribution in [0.1, 0.15) is 46.6 Å². The summed E-state index contributed by atoms with van der Waals surface area (Å²) in [6.45, 7) is 11.3. The molecule has 2 saturated heterocycles. The van der Waals surface area contributed by atoms with E-state index in [1.165, 1.54) is 0 Å². The van der Waals surface area contributed by atoms with Crippen LogP contribution in [0.5, 0.6) is 0 Å². The number of nitrogens with zero attached hydrogens (tertiary/aromatic N) is 3. The average Bonchev–Trinajstić information content (AvgIpc) is 3.16. The topological polar surface area (TPSA) is 81.2 Å². The van der Waals surface area contributed by atoms with Crippen molar-refractivity contribution >= 4 is 29.5 Å². The highest BCUT2D eigenvalue weighted by atomic mass is 32.2. The van der Waals surface area contributed by atoms with Crippen molar-refractivity contribution in [2.75, 3.05) is 19.7 Å². The summed E-state index contributed by atoms with van der Waals surface area (Å²) in [6, 6.07) is 8.60. The first-order chi connectivity index (χ1) is 18.5. The Hall–Kier alpha value is -2.58. The fourth-order valence-electron chi connectivity index (χ4n) is 7.15. The molecule has 4 aliphatic rings. The zero-order valence-electron chi connectivity index (χ0n) is 23.6. The van der Waals surface area contributed by atoms with Gasteiger partial charge in [-0.2, -0.15) is 0 Å². The number of thioether (sulfide) groups is 1. The molecule has 0 aromatic heterocycles. The summed E-state index contributed by atoms with van der Waals surface area (Å²) in [6.07, 6.45) is 8.78. The van der Waals surface area contributed by atoms with Gasteiger partial charge in [0.1, 0.15) is 6.04 Å². The number of carbonyl (C=O) groups is 3. The SMILES string of the molecule is CC(C)C[C@H](CO)N1C(=O)[C@@H]2[C@@H]3C(=O)N(Cc4ccccc4)CC=C[C@]3(C)S[C@@]23C=CCN(C(C)C)C(=O)C13.